The van der Waals surface area contributed by atoms with Crippen LogP contribution in [0.25, 0.3) is 0 Å². The number of benzene rings is 1. The van der Waals surface area contributed by atoms with E-state index in [0.717, 1.165) is 11.3 Å². The van der Waals surface area contributed by atoms with Crippen LogP contribution in [0.3, 0.4) is 0 Å². The molecule has 1 rings (SSSR count). The summed E-state index contributed by atoms with van der Waals surface area (Å²) >= 11 is 0. The first-order valence-corrected chi connectivity index (χ1v) is 8.27. The lowest BCUT2D eigenvalue weighted by Crippen LogP contribution is -2.42. The Morgan fingerprint density at radius 1 is 1.04 bits per heavy atom. The molecule has 0 aliphatic carbocycles. The quantitative estimate of drug-likeness (QED) is 0.541. The molecule has 132 valence electrons. The van der Waals surface area contributed by atoms with E-state index in [-0.39, 0.29) is 30.6 Å². The molecule has 4 N–H and O–H groups in total. The van der Waals surface area contributed by atoms with Gasteiger partial charge in [0.05, 0.1) is 6.10 Å². The highest BCUT2D eigenvalue weighted by Crippen LogP contribution is 2.21. The molecule has 5 unspecified atom stereocenters. The second-order valence-electron chi connectivity index (χ2n) is 6.24. The third-order valence-corrected chi connectivity index (χ3v) is 4.26. The highest BCUT2D eigenvalue weighted by molar-refractivity contribution is 5.28. The summed E-state index contributed by atoms with van der Waals surface area (Å²) in [6.07, 6.45) is 0.0613. The Kier molecular flexibility index (Phi) is 7.99. The molecule has 0 aliphatic heterocycles. The summed E-state index contributed by atoms with van der Waals surface area (Å²) in [7, 11) is 1.96. The van der Waals surface area contributed by atoms with E-state index in [1.165, 1.54) is 0 Å². The minimum atomic E-state index is -0.148. The Morgan fingerprint density at radius 3 is 2.09 bits per heavy atom. The first kappa shape index (κ1) is 19.9. The standard InChI is InChI=1S/C18H33N2O3/c1-12(11-19)21-14(3)15(4)23(6)16(5)22-18-9-7-17(8-10-18)13(2)20/h7-10,12-16H,11,19-20H2,1-6H3/q+1. The van der Waals surface area contributed by atoms with E-state index in [1.54, 1.807) is 0 Å². The van der Waals surface area contributed by atoms with Gasteiger partial charge in [-0.3, -0.25) is 0 Å². The summed E-state index contributed by atoms with van der Waals surface area (Å²) in [5.41, 5.74) is 12.6. The van der Waals surface area contributed by atoms with Gasteiger partial charge in [-0.15, -0.1) is 0 Å². The molecule has 5 atom stereocenters. The number of hydrogen-bond donors (Lipinski definition) is 2. The van der Waals surface area contributed by atoms with Crippen molar-refractivity contribution in [1.82, 2.24) is 0 Å². The van der Waals surface area contributed by atoms with Crippen LogP contribution in [0.15, 0.2) is 24.3 Å². The number of hydrogen-bond acceptors (Lipinski definition) is 4. The van der Waals surface area contributed by atoms with Crippen LogP contribution in [-0.4, -0.2) is 38.3 Å². The van der Waals surface area contributed by atoms with Gasteiger partial charge in [-0.05, 0) is 38.5 Å². The van der Waals surface area contributed by atoms with E-state index >= 15 is 0 Å². The second-order valence-corrected chi connectivity index (χ2v) is 6.24. The summed E-state index contributed by atoms with van der Waals surface area (Å²) < 4.78 is 14.9. The van der Waals surface area contributed by atoms with Crippen LogP contribution in [0.2, 0.25) is 0 Å². The van der Waals surface area contributed by atoms with Crippen molar-refractivity contribution in [2.45, 2.75) is 65.3 Å². The summed E-state index contributed by atoms with van der Waals surface area (Å²) in [6.45, 7) is 10.6. The van der Waals surface area contributed by atoms with Gasteiger partial charge in [0, 0.05) is 26.4 Å². The van der Waals surface area contributed by atoms with Crippen molar-refractivity contribution in [3.05, 3.63) is 29.8 Å². The molecule has 1 aromatic rings. The number of rotatable bonds is 9. The zero-order valence-electron chi connectivity index (χ0n) is 15.3. The van der Waals surface area contributed by atoms with Gasteiger partial charge in [0.25, 0.3) is 0 Å². The van der Waals surface area contributed by atoms with E-state index in [4.69, 9.17) is 20.9 Å². The van der Waals surface area contributed by atoms with E-state index < -0.39 is 0 Å². The monoisotopic (exact) mass is 325 g/mol. The normalized spacial score (nSPS) is 18.3. The molecular weight excluding hydrogens is 292 g/mol. The van der Waals surface area contributed by atoms with Gasteiger partial charge in [0.2, 0.25) is 0 Å². The van der Waals surface area contributed by atoms with Crippen LogP contribution in [0.4, 0.5) is 0 Å². The van der Waals surface area contributed by atoms with Gasteiger partial charge in [-0.1, -0.05) is 12.1 Å². The maximum absolute atomic E-state index is 5.98. The van der Waals surface area contributed by atoms with E-state index in [1.807, 2.05) is 59.1 Å². The van der Waals surface area contributed by atoms with Gasteiger partial charge in [-0.25, -0.2) is 0 Å². The van der Waals surface area contributed by atoms with E-state index in [2.05, 4.69) is 11.3 Å². The summed E-state index contributed by atoms with van der Waals surface area (Å²) in [4.78, 5) is 0. The van der Waals surface area contributed by atoms with Crippen LogP contribution in [0, 0.1) is 0 Å². The molecule has 0 saturated heterocycles. The third-order valence-electron chi connectivity index (χ3n) is 4.26. The minimum Gasteiger partial charge on any atom is -0.426 e. The lowest BCUT2D eigenvalue weighted by Gasteiger charge is -2.31. The number of nitrogens with two attached hydrogens (primary N) is 2. The molecule has 0 heterocycles. The Hall–Kier alpha value is -1.14. The average Bonchev–Trinajstić information content (AvgIpc) is 2.53. The molecule has 1 aromatic carbocycles. The van der Waals surface area contributed by atoms with Crippen molar-refractivity contribution < 1.29 is 13.8 Å². The lowest BCUT2D eigenvalue weighted by atomic mass is 10.1. The first-order chi connectivity index (χ1) is 10.8. The smallest absolute Gasteiger partial charge is 0.303 e. The summed E-state index contributed by atoms with van der Waals surface area (Å²) in [6, 6.07) is 7.92. The molecule has 23 heavy (non-hydrogen) atoms. The molecule has 5 nitrogen and oxygen atoms in total. The second kappa shape index (κ2) is 9.23. The molecule has 0 aliphatic rings. The van der Waals surface area contributed by atoms with Gasteiger partial charge in [0.15, 0.2) is 6.10 Å². The number of ether oxygens (including phenoxy) is 2. The van der Waals surface area contributed by atoms with E-state index in [9.17, 15) is 0 Å². The molecule has 0 saturated carbocycles. The van der Waals surface area contributed by atoms with Crippen molar-refractivity contribution in [3.63, 3.8) is 0 Å². The van der Waals surface area contributed by atoms with E-state index in [0.29, 0.717) is 6.54 Å². The summed E-state index contributed by atoms with van der Waals surface area (Å²) in [5, 5.41) is 0. The van der Waals surface area contributed by atoms with Crippen LogP contribution in [-0.2, 0) is 9.10 Å². The first-order valence-electron chi connectivity index (χ1n) is 8.27. The zero-order valence-corrected chi connectivity index (χ0v) is 15.3. The maximum Gasteiger partial charge on any atom is 0.303 e. The minimum absolute atomic E-state index is 0.0288. The molecule has 0 amide bonds. The molecule has 0 spiro atoms. The Morgan fingerprint density at radius 2 is 1.61 bits per heavy atom. The predicted octanol–water partition coefficient (Wildman–Crippen LogP) is 2.75. The molecule has 0 aromatic heterocycles. The van der Waals surface area contributed by atoms with Crippen molar-refractivity contribution in [2.75, 3.05) is 13.7 Å². The molecule has 0 fully saturated rings. The van der Waals surface area contributed by atoms with Gasteiger partial charge < -0.3 is 25.3 Å². The van der Waals surface area contributed by atoms with Gasteiger partial charge in [-0.2, -0.15) is 0 Å². The van der Waals surface area contributed by atoms with Crippen molar-refractivity contribution in [3.8, 4) is 5.75 Å². The van der Waals surface area contributed by atoms with Gasteiger partial charge in [0.1, 0.15) is 19.0 Å². The lowest BCUT2D eigenvalue weighted by molar-refractivity contribution is -0.284. The predicted molar refractivity (Wildman–Crippen MR) is 94.7 cm³/mol. The van der Waals surface area contributed by atoms with Crippen LogP contribution in [0.5, 0.6) is 5.75 Å². The van der Waals surface area contributed by atoms with Crippen LogP contribution < -0.4 is 16.2 Å². The highest BCUT2D eigenvalue weighted by atomic mass is 16.8. The van der Waals surface area contributed by atoms with Crippen molar-refractivity contribution in [2.24, 2.45) is 11.5 Å². The molecule has 0 radical (unpaired) electrons. The maximum atomic E-state index is 5.98. The molecule has 5 heteroatoms. The summed E-state index contributed by atoms with van der Waals surface area (Å²) in [5.74, 6) is 0.817. The van der Waals surface area contributed by atoms with Crippen molar-refractivity contribution in [1.29, 1.82) is 0 Å². The van der Waals surface area contributed by atoms with Gasteiger partial charge >= 0.3 is 6.29 Å². The zero-order chi connectivity index (χ0) is 17.6. The SMILES string of the molecule is CC(CN)OC(C)C(C)[O+](C)C(C)Oc1ccc(C(C)N)cc1. The fourth-order valence-electron chi connectivity index (χ4n) is 2.25. The highest BCUT2D eigenvalue weighted by Gasteiger charge is 2.29. The molecular formula is C18H33N2O3+. The van der Waals surface area contributed by atoms with Crippen LogP contribution in [0.1, 0.15) is 46.2 Å². The fourth-order valence-corrected chi connectivity index (χ4v) is 2.25. The fraction of sp³-hybridized carbons (Fsp3) is 0.667. The Bertz CT molecular complexity index is 450. The topological polar surface area (TPSA) is 73.2 Å². The Labute approximate surface area is 140 Å². The van der Waals surface area contributed by atoms with Crippen LogP contribution >= 0.6 is 0 Å². The molecule has 0 bridgehead atoms. The third kappa shape index (κ3) is 6.11. The Balaban J connectivity index is 2.59. The average molecular weight is 325 g/mol. The van der Waals surface area contributed by atoms with Crippen molar-refractivity contribution >= 4 is 0 Å². The largest absolute Gasteiger partial charge is 0.426 e.